The lowest BCUT2D eigenvalue weighted by molar-refractivity contribution is -0.111. The summed E-state index contributed by atoms with van der Waals surface area (Å²) < 4.78 is 37.1. The Labute approximate surface area is 179 Å². The highest BCUT2D eigenvalue weighted by atomic mass is 32.2. The first-order valence-corrected chi connectivity index (χ1v) is 10.0. The number of aromatic nitrogens is 2. The molecular formula is C20H21FN6O3S. The lowest BCUT2D eigenvalue weighted by atomic mass is 10.2. The van der Waals surface area contributed by atoms with Crippen molar-refractivity contribution >= 4 is 44.8 Å². The van der Waals surface area contributed by atoms with E-state index in [-0.39, 0.29) is 30.0 Å². The molecule has 3 aromatic rings. The fourth-order valence-electron chi connectivity index (χ4n) is 2.40. The normalized spacial score (nSPS) is 10.5. The summed E-state index contributed by atoms with van der Waals surface area (Å²) in [5, 5.41) is 13.3. The van der Waals surface area contributed by atoms with E-state index < -0.39 is 15.8 Å². The molecular weight excluding hydrogens is 423 g/mol. The smallest absolute Gasteiger partial charge is 0.247 e. The molecule has 0 spiro atoms. The number of nitrogens with one attached hydrogen (secondary N) is 3. The van der Waals surface area contributed by atoms with Crippen LogP contribution in [0.25, 0.3) is 0 Å². The van der Waals surface area contributed by atoms with Crippen LogP contribution in [0.2, 0.25) is 0 Å². The van der Waals surface area contributed by atoms with Crippen molar-refractivity contribution in [1.29, 1.82) is 0 Å². The third kappa shape index (κ3) is 6.32. The van der Waals surface area contributed by atoms with Crippen molar-refractivity contribution in [3.8, 4) is 0 Å². The highest BCUT2D eigenvalue weighted by molar-refractivity contribution is 7.89. The van der Waals surface area contributed by atoms with Gasteiger partial charge in [0.15, 0.2) is 11.6 Å². The van der Waals surface area contributed by atoms with Gasteiger partial charge in [-0.25, -0.2) is 22.9 Å². The number of carbonyl (C=O) groups is 1. The number of carbonyl (C=O) groups excluding carboxylic acids is 1. The molecule has 5 N–H and O–H groups in total. The maximum absolute atomic E-state index is 14.2. The van der Waals surface area contributed by atoms with E-state index in [1.165, 1.54) is 18.2 Å². The quantitative estimate of drug-likeness (QED) is 0.409. The summed E-state index contributed by atoms with van der Waals surface area (Å²) in [5.74, 6) is -1.18. The van der Waals surface area contributed by atoms with Gasteiger partial charge in [-0.15, -0.1) is 0 Å². The minimum atomic E-state index is -3.88. The van der Waals surface area contributed by atoms with Crippen LogP contribution in [-0.2, 0) is 14.8 Å². The van der Waals surface area contributed by atoms with Crippen LogP contribution >= 0.6 is 0 Å². The summed E-state index contributed by atoms with van der Waals surface area (Å²) in [6, 6.07) is 12.3. The maximum Gasteiger partial charge on any atom is 0.247 e. The maximum atomic E-state index is 14.2. The van der Waals surface area contributed by atoms with E-state index in [1.807, 2.05) is 0 Å². The summed E-state index contributed by atoms with van der Waals surface area (Å²) in [4.78, 5) is 19.3. The van der Waals surface area contributed by atoms with Crippen molar-refractivity contribution in [3.05, 3.63) is 73.2 Å². The Kier molecular flexibility index (Phi) is 7.40. The first kappa shape index (κ1) is 23.4. The van der Waals surface area contributed by atoms with Crippen molar-refractivity contribution in [3.63, 3.8) is 0 Å². The fraction of sp³-hybridized carbons (Fsp3) is 0.0500. The first-order chi connectivity index (χ1) is 14.2. The zero-order valence-electron chi connectivity index (χ0n) is 15.5. The predicted molar refractivity (Wildman–Crippen MR) is 118 cm³/mol. The van der Waals surface area contributed by atoms with Crippen LogP contribution < -0.4 is 21.1 Å². The molecule has 0 unspecified atom stereocenters. The van der Waals surface area contributed by atoms with Gasteiger partial charge in [0.25, 0.3) is 0 Å². The van der Waals surface area contributed by atoms with Gasteiger partial charge in [-0.2, -0.15) is 4.98 Å². The monoisotopic (exact) mass is 444 g/mol. The molecule has 0 aliphatic carbocycles. The molecule has 1 aromatic heterocycles. The molecule has 1 amide bonds. The summed E-state index contributed by atoms with van der Waals surface area (Å²) in [6.45, 7) is 3.38. The van der Waals surface area contributed by atoms with Gasteiger partial charge in [0.2, 0.25) is 21.9 Å². The number of rotatable bonds is 7. The van der Waals surface area contributed by atoms with Crippen molar-refractivity contribution in [2.75, 3.05) is 16.0 Å². The molecule has 2 aromatic carbocycles. The van der Waals surface area contributed by atoms with Crippen molar-refractivity contribution < 1.29 is 17.6 Å². The number of hydrogen-bond acceptors (Lipinski definition) is 7. The molecule has 0 radical (unpaired) electrons. The SMILES string of the molecule is C.C=CC(=O)Nc1cccc(Nc2nc(Nc3cccc(S(N)(=O)=O)c3)ncc2F)c1. The Morgan fingerprint density at radius 2 is 1.71 bits per heavy atom. The van der Waals surface area contributed by atoms with Crippen LogP contribution in [-0.4, -0.2) is 24.3 Å². The number of hydrogen-bond donors (Lipinski definition) is 4. The third-order valence-corrected chi connectivity index (χ3v) is 4.65. The standard InChI is InChI=1S/C19H17FN6O3S.CH4/c1-2-17(27)23-12-5-3-6-13(9-12)24-18-16(20)11-22-19(26-18)25-14-7-4-8-15(10-14)30(21,28)29;/h2-11H,1H2,(H,23,27)(H2,21,28,29)(H2,22,24,25,26);1H4. The molecule has 1 heterocycles. The van der Waals surface area contributed by atoms with Gasteiger partial charge in [-0.3, -0.25) is 4.79 Å². The Bertz CT molecular complexity index is 1220. The van der Waals surface area contributed by atoms with E-state index in [2.05, 4.69) is 32.5 Å². The molecule has 0 saturated heterocycles. The molecule has 0 atom stereocenters. The highest BCUT2D eigenvalue weighted by Gasteiger charge is 2.11. The number of anilines is 5. The molecule has 3 rings (SSSR count). The van der Waals surface area contributed by atoms with Crippen LogP contribution in [0.1, 0.15) is 7.43 Å². The molecule has 9 nitrogen and oxygen atoms in total. The van der Waals surface area contributed by atoms with Crippen LogP contribution in [0.5, 0.6) is 0 Å². The number of amides is 1. The van der Waals surface area contributed by atoms with E-state index in [0.29, 0.717) is 17.1 Å². The average molecular weight is 444 g/mol. The number of sulfonamides is 1. The molecule has 0 bridgehead atoms. The predicted octanol–water partition coefficient (Wildman–Crippen LogP) is 3.51. The van der Waals surface area contributed by atoms with Gasteiger partial charge in [-0.1, -0.05) is 26.1 Å². The second kappa shape index (κ2) is 9.78. The molecule has 162 valence electrons. The topological polar surface area (TPSA) is 139 Å². The molecule has 0 aliphatic rings. The van der Waals surface area contributed by atoms with E-state index >= 15 is 0 Å². The average Bonchev–Trinajstić information content (AvgIpc) is 2.70. The summed E-state index contributed by atoms with van der Waals surface area (Å²) in [5.41, 5.74) is 1.31. The number of nitrogens with zero attached hydrogens (tertiary/aromatic N) is 2. The molecule has 11 heteroatoms. The van der Waals surface area contributed by atoms with Crippen molar-refractivity contribution in [1.82, 2.24) is 9.97 Å². The van der Waals surface area contributed by atoms with Gasteiger partial charge in [0, 0.05) is 17.1 Å². The first-order valence-electron chi connectivity index (χ1n) is 8.47. The van der Waals surface area contributed by atoms with Crippen LogP contribution in [0.15, 0.2) is 72.3 Å². The minimum absolute atomic E-state index is 0. The van der Waals surface area contributed by atoms with Gasteiger partial charge in [0.1, 0.15) is 0 Å². The van der Waals surface area contributed by atoms with Crippen LogP contribution in [0, 0.1) is 5.82 Å². The van der Waals surface area contributed by atoms with Crippen LogP contribution in [0.3, 0.4) is 0 Å². The number of halogens is 1. The Hall–Kier alpha value is -3.83. The van der Waals surface area contributed by atoms with Gasteiger partial charge < -0.3 is 16.0 Å². The molecule has 0 aliphatic heterocycles. The Morgan fingerprint density at radius 1 is 1.06 bits per heavy atom. The van der Waals surface area contributed by atoms with Crippen molar-refractivity contribution in [2.45, 2.75) is 12.3 Å². The second-order valence-corrected chi connectivity index (χ2v) is 7.55. The van der Waals surface area contributed by atoms with Gasteiger partial charge in [-0.05, 0) is 42.5 Å². The molecule has 0 fully saturated rings. The number of primary sulfonamides is 1. The molecule has 31 heavy (non-hydrogen) atoms. The van der Waals surface area contributed by atoms with Gasteiger partial charge >= 0.3 is 0 Å². The van der Waals surface area contributed by atoms with E-state index in [0.717, 1.165) is 12.3 Å². The zero-order valence-corrected chi connectivity index (χ0v) is 16.3. The third-order valence-electron chi connectivity index (χ3n) is 3.74. The number of nitrogens with two attached hydrogens (primary N) is 1. The second-order valence-electron chi connectivity index (χ2n) is 5.99. The number of benzene rings is 2. The lowest BCUT2D eigenvalue weighted by Crippen LogP contribution is -2.12. The largest absolute Gasteiger partial charge is 0.338 e. The highest BCUT2D eigenvalue weighted by Crippen LogP contribution is 2.23. The molecule has 0 saturated carbocycles. The van der Waals surface area contributed by atoms with Crippen LogP contribution in [0.4, 0.5) is 33.2 Å². The van der Waals surface area contributed by atoms with E-state index in [1.54, 1.807) is 30.3 Å². The van der Waals surface area contributed by atoms with Gasteiger partial charge in [0.05, 0.1) is 11.1 Å². The lowest BCUT2D eigenvalue weighted by Gasteiger charge is -2.11. The zero-order chi connectivity index (χ0) is 21.7. The summed E-state index contributed by atoms with van der Waals surface area (Å²) in [7, 11) is -3.88. The summed E-state index contributed by atoms with van der Waals surface area (Å²) >= 11 is 0. The fourth-order valence-corrected chi connectivity index (χ4v) is 2.96. The van der Waals surface area contributed by atoms with E-state index in [9.17, 15) is 17.6 Å². The Balaban J connectivity index is 0.00000341. The summed E-state index contributed by atoms with van der Waals surface area (Å²) in [6.07, 6.45) is 2.09. The van der Waals surface area contributed by atoms with Crippen molar-refractivity contribution in [2.24, 2.45) is 5.14 Å². The van der Waals surface area contributed by atoms with E-state index in [4.69, 9.17) is 5.14 Å². The Morgan fingerprint density at radius 3 is 2.39 bits per heavy atom. The minimum Gasteiger partial charge on any atom is -0.338 e.